The van der Waals surface area contributed by atoms with Crippen molar-refractivity contribution in [2.75, 3.05) is 0 Å². The van der Waals surface area contributed by atoms with Crippen molar-refractivity contribution < 1.29 is 9.31 Å². The molecule has 1 fully saturated rings. The highest BCUT2D eigenvalue weighted by molar-refractivity contribution is 7.21. The van der Waals surface area contributed by atoms with Gasteiger partial charge < -0.3 is 13.9 Å². The number of hydrogen-bond donors (Lipinski definition) is 0. The van der Waals surface area contributed by atoms with Crippen LogP contribution in [-0.4, -0.2) is 27.9 Å². The Labute approximate surface area is 220 Å². The Morgan fingerprint density at radius 3 is 2.08 bits per heavy atom. The Kier molecular flexibility index (Phi) is 4.93. The van der Waals surface area contributed by atoms with E-state index >= 15 is 0 Å². The molecule has 2 aromatic heterocycles. The van der Waals surface area contributed by atoms with Crippen molar-refractivity contribution in [3.63, 3.8) is 0 Å². The lowest BCUT2D eigenvalue weighted by Crippen LogP contribution is -2.41. The number of hydrogen-bond acceptors (Lipinski definition) is 4. The van der Waals surface area contributed by atoms with Crippen molar-refractivity contribution in [3.8, 4) is 16.3 Å². The van der Waals surface area contributed by atoms with Crippen LogP contribution in [0.25, 0.3) is 48.3 Å². The summed E-state index contributed by atoms with van der Waals surface area (Å²) in [5, 5.41) is 3.42. The van der Waals surface area contributed by atoms with E-state index in [1.54, 1.807) is 11.3 Å². The molecule has 0 atom stereocenters. The van der Waals surface area contributed by atoms with Crippen molar-refractivity contribution >= 4 is 55.9 Å². The van der Waals surface area contributed by atoms with E-state index in [0.717, 1.165) is 38.3 Å². The van der Waals surface area contributed by atoms with E-state index in [1.807, 2.05) is 6.07 Å². The average molecular weight is 502 g/mol. The fourth-order valence-electron chi connectivity index (χ4n) is 5.14. The highest BCUT2D eigenvalue weighted by Gasteiger charge is 2.51. The molecule has 0 N–H and O–H groups in total. The number of fused-ring (bicyclic) bond motifs is 4. The van der Waals surface area contributed by atoms with E-state index in [4.69, 9.17) is 14.3 Å². The van der Waals surface area contributed by atoms with Gasteiger partial charge in [-0.1, -0.05) is 60.7 Å². The normalized spacial score (nSPS) is 16.8. The first kappa shape index (κ1) is 22.7. The summed E-state index contributed by atoms with van der Waals surface area (Å²) in [5.74, 6) is 0. The molecule has 3 heterocycles. The maximum atomic E-state index is 6.39. The number of aromatic nitrogens is 2. The van der Waals surface area contributed by atoms with E-state index < -0.39 is 7.12 Å². The van der Waals surface area contributed by atoms with Crippen LogP contribution in [-0.2, 0) is 9.31 Å². The van der Waals surface area contributed by atoms with Crippen LogP contribution in [0.5, 0.6) is 0 Å². The molecule has 0 radical (unpaired) electrons. The maximum absolute atomic E-state index is 6.39. The van der Waals surface area contributed by atoms with E-state index in [1.165, 1.54) is 15.5 Å². The first-order chi connectivity index (χ1) is 17.8. The van der Waals surface area contributed by atoms with Crippen LogP contribution in [0.4, 0.5) is 0 Å². The second-order valence-electron chi connectivity index (χ2n) is 10.8. The van der Waals surface area contributed by atoms with E-state index in [0.29, 0.717) is 0 Å². The van der Waals surface area contributed by atoms with Gasteiger partial charge in [-0.3, -0.25) is 0 Å². The smallest absolute Gasteiger partial charge is 0.399 e. The Morgan fingerprint density at radius 1 is 0.730 bits per heavy atom. The zero-order valence-electron chi connectivity index (χ0n) is 21.4. The van der Waals surface area contributed by atoms with E-state index in [9.17, 15) is 0 Å². The minimum Gasteiger partial charge on any atom is -0.399 e. The molecule has 1 saturated heterocycles. The first-order valence-electron chi connectivity index (χ1n) is 12.7. The summed E-state index contributed by atoms with van der Waals surface area (Å²) in [7, 11) is -0.402. The molecule has 1 aliphatic heterocycles. The summed E-state index contributed by atoms with van der Waals surface area (Å²) in [6.45, 7) is 8.38. The van der Waals surface area contributed by atoms with Gasteiger partial charge in [0.1, 0.15) is 5.01 Å². The van der Waals surface area contributed by atoms with Crippen molar-refractivity contribution in [2.24, 2.45) is 0 Å². The SMILES string of the molecule is CC1(C)OB(c2ccc3c(c2)c2cc4sc(-c5ccccc5)nc4cc2n3-c2ccccc2)OC1(C)C. The first-order valence-corrected chi connectivity index (χ1v) is 13.5. The van der Waals surface area contributed by atoms with Gasteiger partial charge in [0.25, 0.3) is 0 Å². The number of benzene rings is 4. The lowest BCUT2D eigenvalue weighted by atomic mass is 9.78. The third kappa shape index (κ3) is 3.55. The molecule has 4 aromatic carbocycles. The van der Waals surface area contributed by atoms with Crippen LogP contribution >= 0.6 is 11.3 Å². The molecule has 0 spiro atoms. The molecule has 6 heteroatoms. The van der Waals surface area contributed by atoms with Gasteiger partial charge in [-0.05, 0) is 63.5 Å². The summed E-state index contributed by atoms with van der Waals surface area (Å²) >= 11 is 1.74. The van der Waals surface area contributed by atoms with Crippen LogP contribution < -0.4 is 5.46 Å². The lowest BCUT2D eigenvalue weighted by molar-refractivity contribution is 0.00578. The van der Waals surface area contributed by atoms with Crippen LogP contribution in [0.3, 0.4) is 0 Å². The minimum atomic E-state index is -0.402. The van der Waals surface area contributed by atoms with Crippen LogP contribution in [0.1, 0.15) is 27.7 Å². The molecule has 7 rings (SSSR count). The Hall–Kier alpha value is -3.45. The number of thiazole rings is 1. The standard InChI is InChI=1S/C31H27BN2O2S/c1-30(2)31(3,4)36-32(35-30)21-15-16-26-23(17-21)24-18-28-25(33-29(37-28)20-11-7-5-8-12-20)19-27(24)34(26)22-13-9-6-10-14-22/h5-19H,1-4H3. The van der Waals surface area contributed by atoms with Crippen molar-refractivity contribution in [1.82, 2.24) is 9.55 Å². The van der Waals surface area contributed by atoms with E-state index in [2.05, 4.69) is 117 Å². The zero-order valence-corrected chi connectivity index (χ0v) is 22.2. The van der Waals surface area contributed by atoms with E-state index in [-0.39, 0.29) is 11.2 Å². The molecule has 6 aromatic rings. The Morgan fingerprint density at radius 2 is 1.38 bits per heavy atom. The van der Waals surface area contributed by atoms with Gasteiger partial charge in [0, 0.05) is 22.0 Å². The molecule has 0 aliphatic carbocycles. The third-order valence-corrected chi connectivity index (χ3v) is 8.93. The number of nitrogens with zero attached hydrogens (tertiary/aromatic N) is 2. The quantitative estimate of drug-likeness (QED) is 0.237. The summed E-state index contributed by atoms with van der Waals surface area (Å²) < 4.78 is 16.3. The third-order valence-electron chi connectivity index (χ3n) is 7.86. The molecule has 182 valence electrons. The monoisotopic (exact) mass is 502 g/mol. The van der Waals surface area contributed by atoms with Crippen molar-refractivity contribution in [3.05, 3.63) is 91.0 Å². The predicted octanol–water partition coefficient (Wildman–Crippen LogP) is 7.36. The predicted molar refractivity (Wildman–Crippen MR) is 155 cm³/mol. The Bertz CT molecular complexity index is 1770. The lowest BCUT2D eigenvalue weighted by Gasteiger charge is -2.32. The topological polar surface area (TPSA) is 36.3 Å². The van der Waals surface area contributed by atoms with Gasteiger partial charge in [-0.25, -0.2) is 4.98 Å². The molecule has 1 aliphatic rings. The fourth-order valence-corrected chi connectivity index (χ4v) is 6.14. The van der Waals surface area contributed by atoms with Gasteiger partial charge in [0.05, 0.1) is 32.5 Å². The summed E-state index contributed by atoms with van der Waals surface area (Å²) in [4.78, 5) is 5.02. The van der Waals surface area contributed by atoms with Crippen molar-refractivity contribution in [2.45, 2.75) is 38.9 Å². The van der Waals surface area contributed by atoms with Crippen molar-refractivity contribution in [1.29, 1.82) is 0 Å². The second-order valence-corrected chi connectivity index (χ2v) is 11.8. The average Bonchev–Trinajstić information content (AvgIpc) is 3.52. The fraction of sp³-hybridized carbons (Fsp3) is 0.194. The van der Waals surface area contributed by atoms with Gasteiger partial charge in [-0.15, -0.1) is 11.3 Å². The molecule has 0 unspecified atom stereocenters. The van der Waals surface area contributed by atoms with Gasteiger partial charge in [0.2, 0.25) is 0 Å². The molecule has 0 amide bonds. The van der Waals surface area contributed by atoms with Gasteiger partial charge in [-0.2, -0.15) is 0 Å². The zero-order chi connectivity index (χ0) is 25.4. The molecule has 0 bridgehead atoms. The van der Waals surface area contributed by atoms with Crippen LogP contribution in [0, 0.1) is 0 Å². The summed E-state index contributed by atoms with van der Waals surface area (Å²) in [5.41, 5.74) is 5.86. The molecule has 4 nitrogen and oxygen atoms in total. The Balaban J connectivity index is 1.47. The minimum absolute atomic E-state index is 0.382. The van der Waals surface area contributed by atoms with Gasteiger partial charge in [0.15, 0.2) is 0 Å². The molecule has 37 heavy (non-hydrogen) atoms. The molecule has 0 saturated carbocycles. The largest absolute Gasteiger partial charge is 0.494 e. The highest BCUT2D eigenvalue weighted by Crippen LogP contribution is 2.39. The number of para-hydroxylation sites is 1. The molecular weight excluding hydrogens is 475 g/mol. The highest BCUT2D eigenvalue weighted by atomic mass is 32.1. The number of rotatable bonds is 3. The summed E-state index contributed by atoms with van der Waals surface area (Å²) in [6, 6.07) is 32.0. The summed E-state index contributed by atoms with van der Waals surface area (Å²) in [6.07, 6.45) is 0. The van der Waals surface area contributed by atoms with Crippen LogP contribution in [0.2, 0.25) is 0 Å². The maximum Gasteiger partial charge on any atom is 0.494 e. The second kappa shape index (κ2) is 8.03. The van der Waals surface area contributed by atoms with Crippen LogP contribution in [0.15, 0.2) is 91.0 Å². The molecular formula is C31H27BN2O2S. The van der Waals surface area contributed by atoms with Gasteiger partial charge >= 0.3 is 7.12 Å².